The minimum atomic E-state index is -0.508. The van der Waals surface area contributed by atoms with Gasteiger partial charge in [0.05, 0.1) is 5.41 Å². The SMILES string of the molecule is C=C(c1ccccc1)c1cccc[n+]1COC(=O)C(C)(C)C. The number of carbonyl (C=O) groups excluding carboxylic acids is 1. The van der Waals surface area contributed by atoms with Gasteiger partial charge in [0, 0.05) is 17.7 Å². The summed E-state index contributed by atoms with van der Waals surface area (Å²) in [6, 6.07) is 15.8. The first-order chi connectivity index (χ1) is 10.4. The van der Waals surface area contributed by atoms with E-state index >= 15 is 0 Å². The van der Waals surface area contributed by atoms with E-state index in [-0.39, 0.29) is 12.7 Å². The molecule has 0 unspecified atom stereocenters. The van der Waals surface area contributed by atoms with Gasteiger partial charge in [0.1, 0.15) is 0 Å². The number of ether oxygens (including phenoxy) is 1. The molecule has 1 aromatic carbocycles. The van der Waals surface area contributed by atoms with Crippen LogP contribution in [-0.4, -0.2) is 5.97 Å². The first kappa shape index (κ1) is 16.0. The molecule has 3 heteroatoms. The van der Waals surface area contributed by atoms with Crippen LogP contribution in [-0.2, 0) is 16.3 Å². The van der Waals surface area contributed by atoms with Crippen LogP contribution in [0.1, 0.15) is 32.0 Å². The van der Waals surface area contributed by atoms with Crippen LogP contribution in [0.15, 0.2) is 61.3 Å². The van der Waals surface area contributed by atoms with Crippen LogP contribution in [0.2, 0.25) is 0 Å². The van der Waals surface area contributed by atoms with E-state index in [0.29, 0.717) is 0 Å². The Hall–Kier alpha value is -2.42. The lowest BCUT2D eigenvalue weighted by atomic mass is 9.97. The van der Waals surface area contributed by atoms with Crippen molar-refractivity contribution in [2.24, 2.45) is 5.41 Å². The normalized spacial score (nSPS) is 11.0. The molecule has 0 aliphatic carbocycles. The maximum Gasteiger partial charge on any atom is 0.316 e. The maximum absolute atomic E-state index is 11.9. The zero-order valence-corrected chi connectivity index (χ0v) is 13.4. The van der Waals surface area contributed by atoms with Crippen LogP contribution >= 0.6 is 0 Å². The van der Waals surface area contributed by atoms with Gasteiger partial charge in [0.25, 0.3) is 6.73 Å². The second-order valence-corrected chi connectivity index (χ2v) is 6.21. The number of aromatic nitrogens is 1. The number of nitrogens with zero attached hydrogens (tertiary/aromatic N) is 1. The number of carbonyl (C=O) groups is 1. The molecule has 0 spiro atoms. The van der Waals surface area contributed by atoms with E-state index in [1.807, 2.05) is 80.1 Å². The van der Waals surface area contributed by atoms with E-state index in [1.54, 1.807) is 0 Å². The Balaban J connectivity index is 2.21. The van der Waals surface area contributed by atoms with Gasteiger partial charge in [-0.3, -0.25) is 4.79 Å². The molecule has 22 heavy (non-hydrogen) atoms. The third-order valence-electron chi connectivity index (χ3n) is 3.32. The topological polar surface area (TPSA) is 30.2 Å². The van der Waals surface area contributed by atoms with Crippen molar-refractivity contribution in [3.63, 3.8) is 0 Å². The molecule has 2 aromatic rings. The Morgan fingerprint density at radius 2 is 1.73 bits per heavy atom. The fourth-order valence-electron chi connectivity index (χ4n) is 1.99. The number of rotatable bonds is 4. The van der Waals surface area contributed by atoms with Gasteiger partial charge in [0.2, 0.25) is 5.69 Å². The highest BCUT2D eigenvalue weighted by Crippen LogP contribution is 2.18. The van der Waals surface area contributed by atoms with Gasteiger partial charge in [-0.15, -0.1) is 0 Å². The summed E-state index contributed by atoms with van der Waals surface area (Å²) in [5.74, 6) is -0.222. The zero-order valence-electron chi connectivity index (χ0n) is 13.4. The Morgan fingerprint density at radius 3 is 2.36 bits per heavy atom. The van der Waals surface area contributed by atoms with Crippen LogP contribution in [0.25, 0.3) is 5.57 Å². The standard InChI is InChI=1S/C19H22NO2/c1-15(16-10-6-5-7-11-16)17-12-8-9-13-20(17)14-22-18(21)19(2,3)4/h5-13H,1,14H2,2-4H3/q+1. The van der Waals surface area contributed by atoms with E-state index < -0.39 is 5.41 Å². The minimum absolute atomic E-state index is 0.179. The molecule has 0 amide bonds. The molecule has 0 N–H and O–H groups in total. The average molecular weight is 296 g/mol. The first-order valence-corrected chi connectivity index (χ1v) is 7.30. The predicted octanol–water partition coefficient (Wildman–Crippen LogP) is 3.58. The Morgan fingerprint density at radius 1 is 1.09 bits per heavy atom. The second kappa shape index (κ2) is 6.56. The molecule has 114 valence electrons. The van der Waals surface area contributed by atoms with Crippen LogP contribution in [0.4, 0.5) is 0 Å². The van der Waals surface area contributed by atoms with Gasteiger partial charge in [-0.25, -0.2) is 0 Å². The van der Waals surface area contributed by atoms with E-state index in [2.05, 4.69) is 6.58 Å². The van der Waals surface area contributed by atoms with Gasteiger partial charge in [0.15, 0.2) is 6.20 Å². The molecule has 0 aliphatic heterocycles. The van der Waals surface area contributed by atoms with Gasteiger partial charge in [-0.2, -0.15) is 4.57 Å². The number of hydrogen-bond acceptors (Lipinski definition) is 2. The summed E-state index contributed by atoms with van der Waals surface area (Å²) in [6.45, 7) is 9.88. The van der Waals surface area contributed by atoms with E-state index in [9.17, 15) is 4.79 Å². The fraction of sp³-hybridized carbons (Fsp3) is 0.263. The highest BCUT2D eigenvalue weighted by Gasteiger charge is 2.25. The Kier molecular flexibility index (Phi) is 4.76. The van der Waals surface area contributed by atoms with E-state index in [0.717, 1.165) is 16.8 Å². The van der Waals surface area contributed by atoms with Gasteiger partial charge in [-0.1, -0.05) is 36.9 Å². The van der Waals surface area contributed by atoms with Gasteiger partial charge < -0.3 is 4.74 Å². The molecule has 0 aliphatic rings. The smallest absolute Gasteiger partial charge is 0.316 e. The van der Waals surface area contributed by atoms with Gasteiger partial charge in [-0.05, 0) is 32.4 Å². The number of pyridine rings is 1. The van der Waals surface area contributed by atoms with Crippen molar-refractivity contribution in [1.29, 1.82) is 0 Å². The Labute approximate surface area is 131 Å². The van der Waals surface area contributed by atoms with Crippen LogP contribution < -0.4 is 4.57 Å². The largest absolute Gasteiger partial charge is 0.404 e. The summed E-state index contributed by atoms with van der Waals surface area (Å²) < 4.78 is 7.29. The highest BCUT2D eigenvalue weighted by molar-refractivity contribution is 5.75. The average Bonchev–Trinajstić information content (AvgIpc) is 2.52. The molecular formula is C19H22NO2+. The first-order valence-electron chi connectivity index (χ1n) is 7.30. The lowest BCUT2D eigenvalue weighted by molar-refractivity contribution is -0.729. The third kappa shape index (κ3) is 3.82. The van der Waals surface area contributed by atoms with E-state index in [4.69, 9.17) is 4.74 Å². The number of benzene rings is 1. The summed E-state index contributed by atoms with van der Waals surface area (Å²) >= 11 is 0. The molecule has 0 bridgehead atoms. The molecule has 3 nitrogen and oxygen atoms in total. The summed E-state index contributed by atoms with van der Waals surface area (Å²) in [6.07, 6.45) is 1.89. The molecule has 1 heterocycles. The lowest BCUT2D eigenvalue weighted by Crippen LogP contribution is -2.41. The van der Waals surface area contributed by atoms with Crippen molar-refractivity contribution in [3.05, 3.63) is 72.6 Å². The molecule has 0 saturated heterocycles. The summed E-state index contributed by atoms with van der Waals surface area (Å²) in [5.41, 5.74) is 2.36. The summed E-state index contributed by atoms with van der Waals surface area (Å²) in [5, 5.41) is 0. The molecular weight excluding hydrogens is 274 g/mol. The number of esters is 1. The van der Waals surface area contributed by atoms with Gasteiger partial charge >= 0.3 is 5.97 Å². The summed E-state index contributed by atoms with van der Waals surface area (Å²) in [4.78, 5) is 11.9. The third-order valence-corrected chi connectivity index (χ3v) is 3.32. The van der Waals surface area contributed by atoms with Crippen LogP contribution in [0.3, 0.4) is 0 Å². The molecule has 2 rings (SSSR count). The quantitative estimate of drug-likeness (QED) is 0.637. The monoisotopic (exact) mass is 296 g/mol. The van der Waals surface area contributed by atoms with Crippen molar-refractivity contribution in [3.8, 4) is 0 Å². The lowest BCUT2D eigenvalue weighted by Gasteiger charge is -2.15. The van der Waals surface area contributed by atoms with Crippen molar-refractivity contribution < 1.29 is 14.1 Å². The minimum Gasteiger partial charge on any atom is -0.404 e. The Bertz CT molecular complexity index is 669. The van der Waals surface area contributed by atoms with Crippen molar-refractivity contribution in [1.82, 2.24) is 0 Å². The second-order valence-electron chi connectivity index (χ2n) is 6.21. The van der Waals surface area contributed by atoms with Crippen molar-refractivity contribution >= 4 is 11.5 Å². The van der Waals surface area contributed by atoms with Crippen LogP contribution in [0, 0.1) is 5.41 Å². The predicted molar refractivity (Wildman–Crippen MR) is 86.8 cm³/mol. The van der Waals surface area contributed by atoms with Crippen molar-refractivity contribution in [2.75, 3.05) is 0 Å². The van der Waals surface area contributed by atoms with Crippen LogP contribution in [0.5, 0.6) is 0 Å². The molecule has 0 radical (unpaired) electrons. The molecule has 1 aromatic heterocycles. The molecule has 0 fully saturated rings. The fourth-order valence-corrected chi connectivity index (χ4v) is 1.99. The summed E-state index contributed by atoms with van der Waals surface area (Å²) in [7, 11) is 0. The van der Waals surface area contributed by atoms with Crippen molar-refractivity contribution in [2.45, 2.75) is 27.5 Å². The molecule has 0 saturated carbocycles. The maximum atomic E-state index is 11.9. The number of hydrogen-bond donors (Lipinski definition) is 0. The highest BCUT2D eigenvalue weighted by atomic mass is 16.5. The molecule has 0 atom stereocenters. The van der Waals surface area contributed by atoms with E-state index in [1.165, 1.54) is 0 Å². The zero-order chi connectivity index (χ0) is 16.2.